The van der Waals surface area contributed by atoms with Crippen LogP contribution in [0.5, 0.6) is 0 Å². The maximum Gasteiger partial charge on any atom is 0.243 e. The van der Waals surface area contributed by atoms with Gasteiger partial charge in [0.15, 0.2) is 0 Å². The molecular formula is C15H23N3O4S. The predicted octanol–water partition coefficient (Wildman–Crippen LogP) is 1.86. The van der Waals surface area contributed by atoms with Crippen LogP contribution in [0.3, 0.4) is 0 Å². The molecule has 2 aromatic rings. The summed E-state index contributed by atoms with van der Waals surface area (Å²) in [6.07, 6.45) is 2.76. The van der Waals surface area contributed by atoms with Crippen LogP contribution in [-0.4, -0.2) is 29.8 Å². The van der Waals surface area contributed by atoms with Crippen molar-refractivity contribution in [2.24, 2.45) is 0 Å². The van der Waals surface area contributed by atoms with Crippen molar-refractivity contribution in [2.75, 3.05) is 6.54 Å². The Hall–Kier alpha value is -1.64. The summed E-state index contributed by atoms with van der Waals surface area (Å²) in [4.78, 5) is 0.0714. The van der Waals surface area contributed by atoms with Gasteiger partial charge in [-0.3, -0.25) is 4.68 Å². The van der Waals surface area contributed by atoms with E-state index in [0.29, 0.717) is 17.1 Å². The fraction of sp³-hybridized carbons (Fsp3) is 0.533. The van der Waals surface area contributed by atoms with Crippen molar-refractivity contribution in [1.29, 1.82) is 0 Å². The Morgan fingerprint density at radius 3 is 2.57 bits per heavy atom. The number of sulfonamides is 1. The van der Waals surface area contributed by atoms with Crippen LogP contribution in [0.15, 0.2) is 27.8 Å². The van der Waals surface area contributed by atoms with Gasteiger partial charge in [-0.2, -0.15) is 5.10 Å². The molecule has 7 nitrogen and oxygen atoms in total. The van der Waals surface area contributed by atoms with Crippen molar-refractivity contribution in [3.05, 3.63) is 35.5 Å². The van der Waals surface area contributed by atoms with Crippen molar-refractivity contribution >= 4 is 10.0 Å². The Labute approximate surface area is 136 Å². The molecule has 23 heavy (non-hydrogen) atoms. The van der Waals surface area contributed by atoms with Gasteiger partial charge in [0.05, 0.1) is 6.20 Å². The topological polar surface area (TPSA) is 97.4 Å². The molecule has 0 spiro atoms. The van der Waals surface area contributed by atoms with Gasteiger partial charge >= 0.3 is 0 Å². The molecule has 2 aromatic heterocycles. The van der Waals surface area contributed by atoms with E-state index in [9.17, 15) is 13.5 Å². The second-order valence-corrected chi connectivity index (χ2v) is 7.94. The van der Waals surface area contributed by atoms with Crippen molar-refractivity contribution in [2.45, 2.75) is 51.2 Å². The van der Waals surface area contributed by atoms with E-state index in [1.54, 1.807) is 31.5 Å². The smallest absolute Gasteiger partial charge is 0.243 e. The minimum absolute atomic E-state index is 0.0682. The molecule has 0 unspecified atom stereocenters. The average molecular weight is 341 g/mol. The monoisotopic (exact) mass is 341 g/mol. The van der Waals surface area contributed by atoms with E-state index in [2.05, 4.69) is 9.82 Å². The molecule has 0 aliphatic carbocycles. The summed E-state index contributed by atoms with van der Waals surface area (Å²) in [6.45, 7) is 8.71. The van der Waals surface area contributed by atoms with E-state index in [1.807, 2.05) is 13.8 Å². The third kappa shape index (κ3) is 3.82. The van der Waals surface area contributed by atoms with Gasteiger partial charge in [0.2, 0.25) is 10.0 Å². The van der Waals surface area contributed by atoms with E-state index in [-0.39, 0.29) is 17.5 Å². The van der Waals surface area contributed by atoms with Crippen molar-refractivity contribution < 1.29 is 17.9 Å². The van der Waals surface area contributed by atoms with Crippen LogP contribution >= 0.6 is 0 Å². The summed E-state index contributed by atoms with van der Waals surface area (Å²) >= 11 is 0. The normalized spacial score (nSPS) is 15.1. The van der Waals surface area contributed by atoms with Gasteiger partial charge in [-0.1, -0.05) is 0 Å². The Kier molecular flexibility index (Phi) is 4.70. The number of hydrogen-bond donors (Lipinski definition) is 2. The first-order chi connectivity index (χ1) is 10.5. The lowest BCUT2D eigenvalue weighted by molar-refractivity contribution is 0.0612. The molecule has 0 radical (unpaired) electrons. The van der Waals surface area contributed by atoms with Crippen molar-refractivity contribution in [3.63, 3.8) is 0 Å². The number of aryl methyl sites for hydroxylation is 2. The largest absolute Gasteiger partial charge is 0.466 e. The van der Waals surface area contributed by atoms with Gasteiger partial charge in [-0.25, -0.2) is 13.1 Å². The van der Waals surface area contributed by atoms with E-state index >= 15 is 0 Å². The molecule has 1 atom stereocenters. The Morgan fingerprint density at radius 2 is 2.09 bits per heavy atom. The first-order valence-corrected chi connectivity index (χ1v) is 8.85. The summed E-state index contributed by atoms with van der Waals surface area (Å²) in [5.74, 6) is 1.23. The highest BCUT2D eigenvalue weighted by Gasteiger charge is 2.30. The van der Waals surface area contributed by atoms with E-state index in [1.165, 1.54) is 12.4 Å². The predicted molar refractivity (Wildman–Crippen MR) is 85.6 cm³/mol. The summed E-state index contributed by atoms with van der Waals surface area (Å²) in [6, 6.07) is 1.78. The third-order valence-electron chi connectivity index (χ3n) is 3.64. The quantitative estimate of drug-likeness (QED) is 0.836. The Morgan fingerprint density at radius 1 is 1.43 bits per heavy atom. The molecule has 0 aliphatic heterocycles. The second kappa shape index (κ2) is 6.10. The van der Waals surface area contributed by atoms with Crippen LogP contribution in [0.2, 0.25) is 0 Å². The number of furan rings is 1. The van der Waals surface area contributed by atoms with Crippen LogP contribution < -0.4 is 4.72 Å². The molecule has 2 N–H and O–H groups in total. The summed E-state index contributed by atoms with van der Waals surface area (Å²) in [5, 5.41) is 14.6. The van der Waals surface area contributed by atoms with E-state index in [4.69, 9.17) is 4.42 Å². The van der Waals surface area contributed by atoms with Gasteiger partial charge in [-0.05, 0) is 40.7 Å². The highest BCUT2D eigenvalue weighted by Crippen LogP contribution is 2.26. The first kappa shape index (κ1) is 17.7. The minimum Gasteiger partial charge on any atom is -0.466 e. The lowest BCUT2D eigenvalue weighted by Crippen LogP contribution is -2.38. The van der Waals surface area contributed by atoms with E-state index < -0.39 is 15.6 Å². The number of aromatic nitrogens is 2. The molecule has 0 amide bonds. The number of hydrogen-bond acceptors (Lipinski definition) is 5. The molecule has 0 saturated heterocycles. The van der Waals surface area contributed by atoms with Gasteiger partial charge in [0.1, 0.15) is 22.0 Å². The van der Waals surface area contributed by atoms with Crippen LogP contribution in [0, 0.1) is 13.8 Å². The number of nitrogens with one attached hydrogen (secondary N) is 1. The van der Waals surface area contributed by atoms with Crippen LogP contribution in [0.25, 0.3) is 0 Å². The Balaban J connectivity index is 2.16. The zero-order chi connectivity index (χ0) is 17.4. The first-order valence-electron chi connectivity index (χ1n) is 7.36. The number of nitrogens with zero attached hydrogens (tertiary/aromatic N) is 2. The van der Waals surface area contributed by atoms with Crippen molar-refractivity contribution in [1.82, 2.24) is 14.5 Å². The highest BCUT2D eigenvalue weighted by atomic mass is 32.2. The van der Waals surface area contributed by atoms with Crippen LogP contribution in [-0.2, 0) is 15.6 Å². The molecule has 0 bridgehead atoms. The summed E-state index contributed by atoms with van der Waals surface area (Å²) in [5.41, 5.74) is -0.807. The molecule has 0 aliphatic rings. The standard InChI is InChI=1S/C15H23N3O4S/c1-10(2)18-8-13(7-16-18)23(20,21)17-9-15(5,19)14-6-11(3)22-12(14)4/h6-8,10,17,19H,9H2,1-5H3/t15-/m0/s1. The molecular weight excluding hydrogens is 318 g/mol. The molecule has 0 aromatic carbocycles. The molecule has 2 rings (SSSR count). The van der Waals surface area contributed by atoms with Gasteiger partial charge < -0.3 is 9.52 Å². The summed E-state index contributed by atoms with van der Waals surface area (Å²) in [7, 11) is -3.74. The van der Waals surface area contributed by atoms with Crippen LogP contribution in [0.4, 0.5) is 0 Å². The van der Waals surface area contributed by atoms with Crippen molar-refractivity contribution in [3.8, 4) is 0 Å². The molecule has 8 heteroatoms. The zero-order valence-corrected chi connectivity index (χ0v) is 14.8. The summed E-state index contributed by atoms with van der Waals surface area (Å²) < 4.78 is 34.1. The fourth-order valence-corrected chi connectivity index (χ4v) is 3.39. The highest BCUT2D eigenvalue weighted by molar-refractivity contribution is 7.89. The third-order valence-corrected chi connectivity index (χ3v) is 5.00. The number of rotatable bonds is 6. The maximum absolute atomic E-state index is 12.3. The maximum atomic E-state index is 12.3. The average Bonchev–Trinajstić information content (AvgIpc) is 3.04. The lowest BCUT2D eigenvalue weighted by Gasteiger charge is -2.23. The molecule has 0 fully saturated rings. The number of aliphatic hydroxyl groups is 1. The van der Waals surface area contributed by atoms with Gasteiger partial charge in [-0.15, -0.1) is 0 Å². The lowest BCUT2D eigenvalue weighted by atomic mass is 9.97. The van der Waals surface area contributed by atoms with Crippen LogP contribution in [0.1, 0.15) is 43.9 Å². The van der Waals surface area contributed by atoms with Gasteiger partial charge in [0.25, 0.3) is 0 Å². The SMILES string of the molecule is Cc1cc([C@@](C)(O)CNS(=O)(=O)c2cnn(C(C)C)c2)c(C)o1. The minimum atomic E-state index is -3.74. The molecule has 2 heterocycles. The zero-order valence-electron chi connectivity index (χ0n) is 14.0. The molecule has 128 valence electrons. The Bertz CT molecular complexity index is 788. The second-order valence-electron chi connectivity index (χ2n) is 6.18. The van der Waals surface area contributed by atoms with E-state index in [0.717, 1.165) is 0 Å². The fourth-order valence-electron chi connectivity index (χ4n) is 2.32. The van der Waals surface area contributed by atoms with Gasteiger partial charge in [0, 0.05) is 24.3 Å². The molecule has 0 saturated carbocycles.